The molecule has 0 spiro atoms. The maximum atomic E-state index is 13.5. The van der Waals surface area contributed by atoms with Gasteiger partial charge in [-0.2, -0.15) is 0 Å². The summed E-state index contributed by atoms with van der Waals surface area (Å²) in [5, 5.41) is 16.6. The first kappa shape index (κ1) is 45.2. The van der Waals surface area contributed by atoms with Gasteiger partial charge < -0.3 is 38.7 Å². The molecule has 2 aliphatic rings. The zero-order chi connectivity index (χ0) is 43.0. The van der Waals surface area contributed by atoms with E-state index in [1.807, 2.05) is 24.4 Å². The van der Waals surface area contributed by atoms with Crippen LogP contribution in [0.1, 0.15) is 89.6 Å². The molecule has 5 heterocycles. The van der Waals surface area contributed by atoms with E-state index in [0.29, 0.717) is 56.5 Å². The second-order valence-electron chi connectivity index (χ2n) is 17.2. The molecule has 1 aromatic carbocycles. The molecule has 3 atom stereocenters. The molecule has 0 saturated carbocycles. The van der Waals surface area contributed by atoms with Crippen molar-refractivity contribution >= 4 is 40.3 Å². The zero-order valence-corrected chi connectivity index (χ0v) is 36.6. The molecule has 6 rings (SSSR count). The average molecular weight is 849 g/mol. The molecule has 0 aliphatic carbocycles. The number of hydrazine groups is 1. The van der Waals surface area contributed by atoms with Gasteiger partial charge in [0.25, 0.3) is 0 Å². The van der Waals surface area contributed by atoms with E-state index in [2.05, 4.69) is 52.8 Å². The third kappa shape index (κ3) is 11.5. The smallest absolute Gasteiger partial charge is 0.408 e. The highest BCUT2D eigenvalue weighted by Crippen LogP contribution is 2.41. The van der Waals surface area contributed by atoms with E-state index in [4.69, 9.17) is 33.7 Å². The summed E-state index contributed by atoms with van der Waals surface area (Å²) < 4.78 is 30.8. The number of nitrogens with one attached hydrogen (secondary N) is 3. The Labute approximate surface area is 355 Å². The number of ether oxygens (including phenoxy) is 5. The summed E-state index contributed by atoms with van der Waals surface area (Å²) in [5.41, 5.74) is 10.8. The first-order valence-electron chi connectivity index (χ1n) is 20.8. The van der Waals surface area contributed by atoms with E-state index in [9.17, 15) is 19.5 Å². The van der Waals surface area contributed by atoms with Crippen molar-refractivity contribution < 1.29 is 43.2 Å². The molecule has 16 heteroatoms. The van der Waals surface area contributed by atoms with Crippen molar-refractivity contribution in [1.29, 1.82) is 0 Å². The number of esters is 2. The van der Waals surface area contributed by atoms with Crippen LogP contribution in [0, 0.1) is 5.41 Å². The van der Waals surface area contributed by atoms with Gasteiger partial charge in [0.1, 0.15) is 17.7 Å². The number of benzene rings is 1. The minimum absolute atomic E-state index is 0.0178. The van der Waals surface area contributed by atoms with Crippen LogP contribution < -0.4 is 16.2 Å². The Balaban J connectivity index is 1.37. The average Bonchev–Trinajstić information content (AvgIpc) is 3.82. The zero-order valence-electron chi connectivity index (χ0n) is 35.8. The van der Waals surface area contributed by atoms with E-state index in [0.717, 1.165) is 58.2 Å². The molecule has 0 radical (unpaired) electrons. The van der Waals surface area contributed by atoms with Crippen LogP contribution in [0.5, 0.6) is 0 Å². The summed E-state index contributed by atoms with van der Waals surface area (Å²) in [6, 6.07) is 8.33. The fourth-order valence-corrected chi connectivity index (χ4v) is 8.33. The topological polar surface area (TPSA) is 184 Å². The monoisotopic (exact) mass is 848 g/mol. The molecule has 326 valence electrons. The minimum atomic E-state index is -1.24. The van der Waals surface area contributed by atoms with Gasteiger partial charge in [-0.25, -0.2) is 24.8 Å². The Morgan fingerprint density at radius 3 is 2.60 bits per heavy atom. The molecule has 2 saturated heterocycles. The molecule has 1 unspecified atom stereocenters. The third-order valence-corrected chi connectivity index (χ3v) is 11.6. The molecule has 4 N–H and O–H groups in total. The van der Waals surface area contributed by atoms with E-state index in [1.54, 1.807) is 34.1 Å². The number of hydrogen-bond acceptors (Lipinski definition) is 14. The van der Waals surface area contributed by atoms with Gasteiger partial charge in [-0.05, 0) is 95.0 Å². The SMILES string of the molecule is CO[C@@H](C)c1ncccc1-c1c(CC(C)(C)CO)c2cc(-c3csc(C[C@H](NC(=O)OC(C)(C)C)C(=O)OC(=O)C4CCCNN4)n3)ccc2n1CCOC1CCOCC1. The molecule has 60 heavy (non-hydrogen) atoms. The molecule has 0 bridgehead atoms. The third-order valence-electron chi connectivity index (χ3n) is 10.7. The van der Waals surface area contributed by atoms with Crippen molar-refractivity contribution in [3.8, 4) is 22.5 Å². The minimum Gasteiger partial charge on any atom is -0.444 e. The number of nitrogens with zero attached hydrogens (tertiary/aromatic N) is 3. The Hall–Kier alpha value is -4.29. The van der Waals surface area contributed by atoms with Crippen LogP contribution in [0.3, 0.4) is 0 Å². The van der Waals surface area contributed by atoms with Crippen LogP contribution in [0.25, 0.3) is 33.4 Å². The first-order valence-corrected chi connectivity index (χ1v) is 21.7. The summed E-state index contributed by atoms with van der Waals surface area (Å²) in [5.74, 6) is -1.63. The quantitative estimate of drug-likeness (QED) is 0.0756. The van der Waals surface area contributed by atoms with Crippen molar-refractivity contribution in [3.05, 3.63) is 58.2 Å². The number of carbonyl (C=O) groups is 3. The molecule has 3 aromatic heterocycles. The van der Waals surface area contributed by atoms with E-state index < -0.39 is 41.1 Å². The summed E-state index contributed by atoms with van der Waals surface area (Å²) in [6.45, 7) is 14.4. The Morgan fingerprint density at radius 1 is 1.12 bits per heavy atom. The lowest BCUT2D eigenvalue weighted by Crippen LogP contribution is -2.52. The van der Waals surface area contributed by atoms with Crippen molar-refractivity contribution in [1.82, 2.24) is 30.7 Å². The standard InChI is InChI=1S/C44H60N6O9S/c1-27(55-7)38-30(10-8-16-45-38)39-32(24-44(5,6)26-51)31-22-28(12-13-36(31)50(39)18-21-57-29-14-19-56-20-15-29)35-25-60-37(47-35)23-34(48-42(54)59-43(2,3)4)41(53)58-40(52)33-11-9-17-46-49-33/h8,10,12-13,16,22,25,27,29,33-34,46,49,51H,9,11,14-15,17-21,23-24,26H2,1-7H3,(H,48,54)/t27-,33?,34-/m0/s1. The van der Waals surface area contributed by atoms with Crippen LogP contribution in [0.15, 0.2) is 41.9 Å². The molecule has 1 amide bonds. The van der Waals surface area contributed by atoms with Gasteiger partial charge in [-0.3, -0.25) is 10.4 Å². The molecule has 2 fully saturated rings. The Morgan fingerprint density at radius 2 is 1.90 bits per heavy atom. The summed E-state index contributed by atoms with van der Waals surface area (Å²) in [6.07, 6.45) is 4.33. The highest BCUT2D eigenvalue weighted by Gasteiger charge is 2.33. The van der Waals surface area contributed by atoms with Crippen LogP contribution in [0.4, 0.5) is 4.79 Å². The lowest BCUT2D eigenvalue weighted by molar-refractivity contribution is -0.163. The molecular weight excluding hydrogens is 789 g/mol. The number of hydrogen-bond donors (Lipinski definition) is 4. The first-order chi connectivity index (χ1) is 28.7. The highest BCUT2D eigenvalue weighted by atomic mass is 32.1. The number of methoxy groups -OCH3 is 1. The van der Waals surface area contributed by atoms with Gasteiger partial charge in [-0.1, -0.05) is 19.9 Å². The fourth-order valence-electron chi connectivity index (χ4n) is 7.48. The Bertz CT molecular complexity index is 2100. The number of alkyl carbamates (subject to hydrolysis) is 1. The molecule has 15 nitrogen and oxygen atoms in total. The maximum Gasteiger partial charge on any atom is 0.408 e. The number of rotatable bonds is 16. The second kappa shape index (κ2) is 20.1. The number of thiazole rings is 1. The highest BCUT2D eigenvalue weighted by molar-refractivity contribution is 7.10. The van der Waals surface area contributed by atoms with Crippen LogP contribution >= 0.6 is 11.3 Å². The number of fused-ring (bicyclic) bond motifs is 1. The van der Waals surface area contributed by atoms with Crippen molar-refractivity contribution in [2.75, 3.05) is 40.1 Å². The van der Waals surface area contributed by atoms with E-state index in [-0.39, 0.29) is 25.2 Å². The number of aliphatic hydroxyl groups excluding tert-OH is 1. The predicted octanol–water partition coefficient (Wildman–Crippen LogP) is 6.05. The largest absolute Gasteiger partial charge is 0.444 e. The summed E-state index contributed by atoms with van der Waals surface area (Å²) in [7, 11) is 1.68. The van der Waals surface area contributed by atoms with Crippen LogP contribution in [-0.2, 0) is 52.7 Å². The molecular formula is C44H60N6O9S. The normalized spacial score (nSPS) is 17.6. The van der Waals surface area contributed by atoms with Crippen LogP contribution in [-0.4, -0.2) is 102 Å². The summed E-state index contributed by atoms with van der Waals surface area (Å²) in [4.78, 5) is 49.0. The molecule has 2 aliphatic heterocycles. The van der Waals surface area contributed by atoms with Crippen molar-refractivity contribution in [3.63, 3.8) is 0 Å². The molecule has 4 aromatic rings. The van der Waals surface area contributed by atoms with E-state index >= 15 is 0 Å². The summed E-state index contributed by atoms with van der Waals surface area (Å²) >= 11 is 1.33. The second-order valence-corrected chi connectivity index (χ2v) is 18.2. The predicted molar refractivity (Wildman–Crippen MR) is 228 cm³/mol. The number of aliphatic hydroxyl groups is 1. The number of aromatic nitrogens is 3. The number of carbonyl (C=O) groups excluding carboxylic acids is 3. The fraction of sp³-hybridized carbons (Fsp3) is 0.568. The van der Waals surface area contributed by atoms with Gasteiger partial charge in [0.2, 0.25) is 0 Å². The van der Waals surface area contributed by atoms with Crippen molar-refractivity contribution in [2.24, 2.45) is 5.41 Å². The van der Waals surface area contributed by atoms with Gasteiger partial charge in [-0.15, -0.1) is 11.3 Å². The maximum absolute atomic E-state index is 13.5. The van der Waals surface area contributed by atoms with Gasteiger partial charge in [0.05, 0.1) is 40.9 Å². The number of pyridine rings is 1. The number of amides is 1. The van der Waals surface area contributed by atoms with Crippen molar-refractivity contribution in [2.45, 2.75) is 117 Å². The van der Waals surface area contributed by atoms with Crippen LogP contribution in [0.2, 0.25) is 0 Å². The van der Waals surface area contributed by atoms with Gasteiger partial charge in [0, 0.05) is 80.0 Å². The van der Waals surface area contributed by atoms with Gasteiger partial charge >= 0.3 is 18.0 Å². The van der Waals surface area contributed by atoms with E-state index in [1.165, 1.54) is 11.3 Å². The lowest BCUT2D eigenvalue weighted by Gasteiger charge is -2.25. The lowest BCUT2D eigenvalue weighted by atomic mass is 9.84. The van der Waals surface area contributed by atoms with Gasteiger partial charge in [0.15, 0.2) is 0 Å². The Kier molecular flexibility index (Phi) is 15.1.